The number of hydrogen-bond acceptors (Lipinski definition) is 5. The predicted octanol–water partition coefficient (Wildman–Crippen LogP) is 3.27. The van der Waals surface area contributed by atoms with Crippen molar-refractivity contribution in [3.63, 3.8) is 0 Å². The summed E-state index contributed by atoms with van der Waals surface area (Å²) in [6, 6.07) is 14.4. The largest absolute Gasteiger partial charge is 0.494 e. The lowest BCUT2D eigenvalue weighted by Crippen LogP contribution is -2.45. The summed E-state index contributed by atoms with van der Waals surface area (Å²) in [5.41, 5.74) is 0.872. The van der Waals surface area contributed by atoms with Crippen LogP contribution in [-0.4, -0.2) is 36.9 Å². The summed E-state index contributed by atoms with van der Waals surface area (Å²) in [6.07, 6.45) is 0. The fourth-order valence-electron chi connectivity index (χ4n) is 2.53. The van der Waals surface area contributed by atoms with E-state index in [1.54, 1.807) is 68.4 Å². The van der Waals surface area contributed by atoms with Gasteiger partial charge in [0.2, 0.25) is 0 Å². The molecule has 0 aliphatic carbocycles. The molecule has 2 aromatic rings. The maximum Gasteiger partial charge on any atom is 0.329 e. The van der Waals surface area contributed by atoms with Crippen molar-refractivity contribution in [3.8, 4) is 5.75 Å². The lowest BCUT2D eigenvalue weighted by molar-refractivity contribution is -0.145. The third-order valence-electron chi connectivity index (χ3n) is 4.08. The number of amides is 1. The topological polar surface area (TPSA) is 81.7 Å². The molecule has 28 heavy (non-hydrogen) atoms. The first-order valence-electron chi connectivity index (χ1n) is 9.21. The molecule has 0 saturated heterocycles. The molecule has 0 aromatic heterocycles. The highest BCUT2D eigenvalue weighted by Gasteiger charge is 2.27. The fraction of sp³-hybridized carbons (Fsp3) is 0.318. The number of carbonyl (C=O) groups is 3. The first-order valence-corrected chi connectivity index (χ1v) is 9.21. The third kappa shape index (κ3) is 5.94. The molecule has 0 fully saturated rings. The Bertz CT molecular complexity index is 799. The van der Waals surface area contributed by atoms with Gasteiger partial charge in [-0.25, -0.2) is 4.79 Å². The number of hydrogen-bond donors (Lipinski definition) is 1. The van der Waals surface area contributed by atoms with E-state index in [1.165, 1.54) is 0 Å². The van der Waals surface area contributed by atoms with E-state index in [4.69, 9.17) is 9.47 Å². The number of benzene rings is 2. The van der Waals surface area contributed by atoms with Crippen LogP contribution in [-0.2, 0) is 9.53 Å². The summed E-state index contributed by atoms with van der Waals surface area (Å²) in [5.74, 6) is -0.870. The second-order valence-electron chi connectivity index (χ2n) is 6.55. The molecule has 1 amide bonds. The van der Waals surface area contributed by atoms with E-state index in [0.29, 0.717) is 23.5 Å². The van der Waals surface area contributed by atoms with Crippen molar-refractivity contribution in [2.24, 2.45) is 5.92 Å². The van der Waals surface area contributed by atoms with Gasteiger partial charge in [0.05, 0.1) is 6.61 Å². The number of nitrogens with one attached hydrogen (secondary N) is 1. The smallest absolute Gasteiger partial charge is 0.329 e. The summed E-state index contributed by atoms with van der Waals surface area (Å²) in [7, 11) is 0. The minimum Gasteiger partial charge on any atom is -0.494 e. The average Bonchev–Trinajstić information content (AvgIpc) is 2.71. The first kappa shape index (κ1) is 21.2. The molecular formula is C22H25NO5. The first-order chi connectivity index (χ1) is 13.4. The number of rotatable bonds is 9. The minimum atomic E-state index is -0.859. The number of esters is 1. The van der Waals surface area contributed by atoms with E-state index in [0.717, 1.165) is 0 Å². The van der Waals surface area contributed by atoms with Crippen LogP contribution in [0.1, 0.15) is 41.5 Å². The Hall–Kier alpha value is -3.15. The quantitative estimate of drug-likeness (QED) is 0.531. The summed E-state index contributed by atoms with van der Waals surface area (Å²) in [4.78, 5) is 37.0. The molecule has 1 N–H and O–H groups in total. The zero-order chi connectivity index (χ0) is 20.5. The van der Waals surface area contributed by atoms with E-state index in [1.807, 2.05) is 6.92 Å². The van der Waals surface area contributed by atoms with Gasteiger partial charge in [0.15, 0.2) is 12.4 Å². The molecule has 6 nitrogen and oxygen atoms in total. The van der Waals surface area contributed by atoms with Crippen molar-refractivity contribution in [2.75, 3.05) is 13.2 Å². The van der Waals surface area contributed by atoms with Crippen LogP contribution in [0, 0.1) is 5.92 Å². The van der Waals surface area contributed by atoms with Crippen LogP contribution in [0.15, 0.2) is 54.6 Å². The van der Waals surface area contributed by atoms with Gasteiger partial charge in [-0.2, -0.15) is 0 Å². The summed E-state index contributed by atoms with van der Waals surface area (Å²) < 4.78 is 10.5. The molecule has 2 aromatic carbocycles. The van der Waals surface area contributed by atoms with Crippen LogP contribution in [0.25, 0.3) is 0 Å². The van der Waals surface area contributed by atoms with E-state index >= 15 is 0 Å². The zero-order valence-corrected chi connectivity index (χ0v) is 16.3. The normalized spacial score (nSPS) is 11.6. The van der Waals surface area contributed by atoms with Gasteiger partial charge < -0.3 is 14.8 Å². The van der Waals surface area contributed by atoms with Crippen LogP contribution in [0.5, 0.6) is 5.75 Å². The van der Waals surface area contributed by atoms with Gasteiger partial charge in [0, 0.05) is 11.1 Å². The second-order valence-corrected chi connectivity index (χ2v) is 6.55. The standard InChI is InChI=1S/C22H25NO5/c1-4-27-18-12-10-17(11-13-18)21(25)23-20(15(2)3)22(26)28-14-19(24)16-8-6-5-7-9-16/h5-13,15,20H,4,14H2,1-3H3,(H,23,25)/t20-/m0/s1. The number of Topliss-reactive ketones (excluding diaryl/α,β-unsaturated/α-hetero) is 1. The van der Waals surface area contributed by atoms with Crippen molar-refractivity contribution in [2.45, 2.75) is 26.8 Å². The van der Waals surface area contributed by atoms with Crippen molar-refractivity contribution < 1.29 is 23.9 Å². The maximum atomic E-state index is 12.5. The van der Waals surface area contributed by atoms with E-state index in [-0.39, 0.29) is 18.3 Å². The zero-order valence-electron chi connectivity index (χ0n) is 16.3. The van der Waals surface area contributed by atoms with Gasteiger partial charge in [-0.05, 0) is 37.1 Å². The Labute approximate surface area is 164 Å². The van der Waals surface area contributed by atoms with Crippen LogP contribution in [0.4, 0.5) is 0 Å². The van der Waals surface area contributed by atoms with Gasteiger partial charge in [-0.3, -0.25) is 9.59 Å². The van der Waals surface area contributed by atoms with Crippen LogP contribution in [0.2, 0.25) is 0 Å². The molecular weight excluding hydrogens is 358 g/mol. The second kappa shape index (κ2) is 10.3. The van der Waals surface area contributed by atoms with Gasteiger partial charge in [0.25, 0.3) is 5.91 Å². The Morgan fingerprint density at radius 3 is 2.14 bits per heavy atom. The molecule has 1 atom stereocenters. The van der Waals surface area contributed by atoms with E-state index < -0.39 is 17.9 Å². The molecule has 0 saturated carbocycles. The monoisotopic (exact) mass is 383 g/mol. The number of ether oxygens (including phenoxy) is 2. The highest BCUT2D eigenvalue weighted by Crippen LogP contribution is 2.13. The molecule has 2 rings (SSSR count). The summed E-state index contributed by atoms with van der Waals surface area (Å²) in [5, 5.41) is 2.68. The molecule has 0 heterocycles. The van der Waals surface area contributed by atoms with Crippen LogP contribution in [0.3, 0.4) is 0 Å². The third-order valence-corrected chi connectivity index (χ3v) is 4.08. The molecule has 0 radical (unpaired) electrons. The van der Waals surface area contributed by atoms with Crippen molar-refractivity contribution in [1.82, 2.24) is 5.32 Å². The van der Waals surface area contributed by atoms with E-state index in [2.05, 4.69) is 5.32 Å². The van der Waals surface area contributed by atoms with Crippen LogP contribution >= 0.6 is 0 Å². The fourth-order valence-corrected chi connectivity index (χ4v) is 2.53. The Morgan fingerprint density at radius 2 is 1.57 bits per heavy atom. The minimum absolute atomic E-state index is 0.203. The summed E-state index contributed by atoms with van der Waals surface area (Å²) in [6.45, 7) is 5.63. The lowest BCUT2D eigenvalue weighted by atomic mass is 10.0. The molecule has 0 aliphatic heterocycles. The lowest BCUT2D eigenvalue weighted by Gasteiger charge is -2.20. The summed E-state index contributed by atoms with van der Waals surface area (Å²) >= 11 is 0. The Morgan fingerprint density at radius 1 is 0.929 bits per heavy atom. The molecule has 0 bridgehead atoms. The molecule has 0 spiro atoms. The van der Waals surface area contributed by atoms with Crippen molar-refractivity contribution in [1.29, 1.82) is 0 Å². The van der Waals surface area contributed by atoms with Gasteiger partial charge in [-0.1, -0.05) is 44.2 Å². The van der Waals surface area contributed by atoms with Crippen molar-refractivity contribution in [3.05, 3.63) is 65.7 Å². The molecule has 148 valence electrons. The average molecular weight is 383 g/mol. The van der Waals surface area contributed by atoms with Gasteiger partial charge in [0.1, 0.15) is 11.8 Å². The van der Waals surface area contributed by atoms with Gasteiger partial charge >= 0.3 is 5.97 Å². The predicted molar refractivity (Wildman–Crippen MR) is 105 cm³/mol. The number of carbonyl (C=O) groups excluding carboxylic acids is 3. The van der Waals surface area contributed by atoms with Crippen LogP contribution < -0.4 is 10.1 Å². The highest BCUT2D eigenvalue weighted by atomic mass is 16.5. The molecule has 0 unspecified atom stereocenters. The Kier molecular flexibility index (Phi) is 7.75. The maximum absolute atomic E-state index is 12.5. The van der Waals surface area contributed by atoms with E-state index in [9.17, 15) is 14.4 Å². The molecule has 6 heteroatoms. The van der Waals surface area contributed by atoms with Crippen molar-refractivity contribution >= 4 is 17.7 Å². The SMILES string of the molecule is CCOc1ccc(C(=O)N[C@H](C(=O)OCC(=O)c2ccccc2)C(C)C)cc1. The van der Waals surface area contributed by atoms with Gasteiger partial charge in [-0.15, -0.1) is 0 Å². The Balaban J connectivity index is 1.96. The highest BCUT2D eigenvalue weighted by molar-refractivity contribution is 5.99. The molecule has 0 aliphatic rings. The number of ketones is 1.